The summed E-state index contributed by atoms with van der Waals surface area (Å²) < 4.78 is 10.2. The van der Waals surface area contributed by atoms with Crippen molar-refractivity contribution in [2.45, 2.75) is 6.42 Å². The summed E-state index contributed by atoms with van der Waals surface area (Å²) in [6.07, 6.45) is 0.813. The van der Waals surface area contributed by atoms with Crippen molar-refractivity contribution in [3.05, 3.63) is 28.6 Å². The highest BCUT2D eigenvalue weighted by Crippen LogP contribution is 2.12. The lowest BCUT2D eigenvalue weighted by Gasteiger charge is -2.07. The normalized spacial score (nSPS) is 10.9. The number of nitrogens with zero attached hydrogens (tertiary/aromatic N) is 1. The van der Waals surface area contributed by atoms with E-state index in [1.54, 1.807) is 25.3 Å². The van der Waals surface area contributed by atoms with Gasteiger partial charge in [-0.15, -0.1) is 0 Å². The van der Waals surface area contributed by atoms with Crippen molar-refractivity contribution in [1.29, 1.82) is 0 Å². The number of rotatable bonds is 8. The van der Waals surface area contributed by atoms with Gasteiger partial charge in [0.1, 0.15) is 0 Å². The summed E-state index contributed by atoms with van der Waals surface area (Å²) in [4.78, 5) is 19.0. The number of anilines is 2. The number of H-pyrrole nitrogens is 1. The molecule has 7 heteroatoms. The third kappa shape index (κ3) is 4.44. The quantitative estimate of drug-likeness (QED) is 0.495. The second kappa shape index (κ2) is 7.61. The molecular weight excluding hydrogens is 272 g/mol. The third-order valence-electron chi connectivity index (χ3n) is 2.92. The minimum Gasteiger partial charge on any atom is -0.399 e. The Morgan fingerprint density at radius 2 is 2.19 bits per heavy atom. The zero-order valence-electron chi connectivity index (χ0n) is 12.0. The highest BCUT2D eigenvalue weighted by atomic mass is 16.5. The summed E-state index contributed by atoms with van der Waals surface area (Å²) >= 11 is 0. The van der Waals surface area contributed by atoms with Gasteiger partial charge in [-0.1, -0.05) is 0 Å². The van der Waals surface area contributed by atoms with Crippen LogP contribution in [0.3, 0.4) is 0 Å². The lowest BCUT2D eigenvalue weighted by Crippen LogP contribution is -2.15. The summed E-state index contributed by atoms with van der Waals surface area (Å²) in [5.41, 5.74) is 6.62. The number of nitrogen functional groups attached to an aromatic ring is 1. The Labute approximate surface area is 122 Å². The van der Waals surface area contributed by atoms with Crippen LogP contribution < -0.4 is 16.6 Å². The first kappa shape index (κ1) is 15.3. The van der Waals surface area contributed by atoms with E-state index in [9.17, 15) is 4.79 Å². The molecule has 0 spiro atoms. The monoisotopic (exact) mass is 292 g/mol. The Balaban J connectivity index is 1.88. The van der Waals surface area contributed by atoms with Crippen molar-refractivity contribution in [3.8, 4) is 0 Å². The number of fused-ring (bicyclic) bond motifs is 1. The number of hydrogen-bond donors (Lipinski definition) is 3. The molecule has 114 valence electrons. The zero-order chi connectivity index (χ0) is 15.1. The summed E-state index contributed by atoms with van der Waals surface area (Å²) in [6.45, 7) is 2.47. The van der Waals surface area contributed by atoms with Gasteiger partial charge in [0.25, 0.3) is 5.56 Å². The molecule has 0 aliphatic rings. The molecule has 0 bridgehead atoms. The van der Waals surface area contributed by atoms with Crippen LogP contribution in [0.25, 0.3) is 10.9 Å². The lowest BCUT2D eigenvalue weighted by atomic mass is 10.2. The van der Waals surface area contributed by atoms with Gasteiger partial charge in [-0.05, 0) is 24.6 Å². The number of methoxy groups -OCH3 is 1. The lowest BCUT2D eigenvalue weighted by molar-refractivity contribution is 0.0705. The van der Waals surface area contributed by atoms with Crippen molar-refractivity contribution in [1.82, 2.24) is 9.97 Å². The molecule has 1 heterocycles. The SMILES string of the molecule is COCCOCCCNc1nc2ccc(N)cc2c(=O)[nH]1. The summed E-state index contributed by atoms with van der Waals surface area (Å²) in [5.74, 6) is 0.453. The second-order valence-electron chi connectivity index (χ2n) is 4.58. The minimum absolute atomic E-state index is 0.203. The molecule has 2 rings (SSSR count). The van der Waals surface area contributed by atoms with Gasteiger partial charge >= 0.3 is 0 Å². The molecule has 0 saturated heterocycles. The standard InChI is InChI=1S/C14H20N4O3/c1-20-7-8-21-6-2-5-16-14-17-12-4-3-10(15)9-11(12)13(19)18-14/h3-4,9H,2,5-8,15H2,1H3,(H2,16,17,18,19). The first-order valence-corrected chi connectivity index (χ1v) is 6.81. The van der Waals surface area contributed by atoms with Crippen LogP contribution in [0.2, 0.25) is 0 Å². The summed E-state index contributed by atoms with van der Waals surface area (Å²) in [7, 11) is 1.64. The first-order valence-electron chi connectivity index (χ1n) is 6.81. The Morgan fingerprint density at radius 3 is 3.00 bits per heavy atom. The van der Waals surface area contributed by atoms with Crippen molar-refractivity contribution < 1.29 is 9.47 Å². The Hall–Kier alpha value is -2.12. The van der Waals surface area contributed by atoms with Crippen molar-refractivity contribution in [3.63, 3.8) is 0 Å². The number of aromatic nitrogens is 2. The summed E-state index contributed by atoms with van der Waals surface area (Å²) in [5, 5.41) is 3.56. The molecule has 0 atom stereocenters. The Morgan fingerprint density at radius 1 is 1.33 bits per heavy atom. The van der Waals surface area contributed by atoms with E-state index in [4.69, 9.17) is 15.2 Å². The van der Waals surface area contributed by atoms with E-state index in [2.05, 4.69) is 15.3 Å². The molecule has 7 nitrogen and oxygen atoms in total. The molecule has 1 aromatic heterocycles. The highest BCUT2D eigenvalue weighted by Gasteiger charge is 2.03. The van der Waals surface area contributed by atoms with Crippen molar-refractivity contribution in [2.24, 2.45) is 0 Å². The van der Waals surface area contributed by atoms with Gasteiger partial charge in [0, 0.05) is 25.9 Å². The maximum atomic E-state index is 11.9. The van der Waals surface area contributed by atoms with Crippen LogP contribution in [0.15, 0.2) is 23.0 Å². The fourth-order valence-corrected chi connectivity index (χ4v) is 1.87. The zero-order valence-corrected chi connectivity index (χ0v) is 12.0. The van der Waals surface area contributed by atoms with Gasteiger partial charge in [-0.25, -0.2) is 4.98 Å². The minimum atomic E-state index is -0.203. The predicted molar refractivity (Wildman–Crippen MR) is 82.6 cm³/mol. The van der Waals surface area contributed by atoms with E-state index in [1.165, 1.54) is 0 Å². The average molecular weight is 292 g/mol. The van der Waals surface area contributed by atoms with E-state index in [0.717, 1.165) is 6.42 Å². The van der Waals surface area contributed by atoms with E-state index in [-0.39, 0.29) is 5.56 Å². The molecule has 2 aromatic rings. The molecule has 0 radical (unpaired) electrons. The average Bonchev–Trinajstić information content (AvgIpc) is 2.47. The van der Waals surface area contributed by atoms with Gasteiger partial charge in [0.2, 0.25) is 5.95 Å². The smallest absolute Gasteiger partial charge is 0.260 e. The fraction of sp³-hybridized carbons (Fsp3) is 0.429. The van der Waals surface area contributed by atoms with Gasteiger partial charge < -0.3 is 20.5 Å². The van der Waals surface area contributed by atoms with E-state index < -0.39 is 0 Å². The highest BCUT2D eigenvalue weighted by molar-refractivity contribution is 5.81. The van der Waals surface area contributed by atoms with Crippen LogP contribution in [0.4, 0.5) is 11.6 Å². The largest absolute Gasteiger partial charge is 0.399 e. The Bertz CT molecular complexity index is 642. The number of hydrogen-bond acceptors (Lipinski definition) is 6. The maximum absolute atomic E-state index is 11.9. The van der Waals surface area contributed by atoms with E-state index in [0.29, 0.717) is 48.9 Å². The number of aromatic amines is 1. The molecule has 21 heavy (non-hydrogen) atoms. The molecule has 0 aliphatic carbocycles. The topological polar surface area (TPSA) is 102 Å². The van der Waals surface area contributed by atoms with Crippen LogP contribution >= 0.6 is 0 Å². The van der Waals surface area contributed by atoms with Crippen LogP contribution in [-0.4, -0.2) is 43.4 Å². The van der Waals surface area contributed by atoms with Crippen molar-refractivity contribution in [2.75, 3.05) is 44.5 Å². The second-order valence-corrected chi connectivity index (χ2v) is 4.58. The van der Waals surface area contributed by atoms with Crippen LogP contribution in [-0.2, 0) is 9.47 Å². The molecule has 0 amide bonds. The predicted octanol–water partition coefficient (Wildman–Crippen LogP) is 0.970. The first-order chi connectivity index (χ1) is 10.2. The third-order valence-corrected chi connectivity index (χ3v) is 2.92. The summed E-state index contributed by atoms with van der Waals surface area (Å²) in [6, 6.07) is 5.08. The molecular formula is C14H20N4O3. The van der Waals surface area contributed by atoms with Gasteiger partial charge in [0.15, 0.2) is 0 Å². The molecule has 0 aliphatic heterocycles. The molecule has 0 fully saturated rings. The molecule has 4 N–H and O–H groups in total. The fourth-order valence-electron chi connectivity index (χ4n) is 1.87. The van der Waals surface area contributed by atoms with Crippen LogP contribution in [0.1, 0.15) is 6.42 Å². The molecule has 1 aromatic carbocycles. The van der Waals surface area contributed by atoms with Gasteiger partial charge in [0.05, 0.1) is 24.1 Å². The molecule has 0 unspecified atom stereocenters. The van der Waals surface area contributed by atoms with Crippen LogP contribution in [0.5, 0.6) is 0 Å². The van der Waals surface area contributed by atoms with Gasteiger partial charge in [-0.2, -0.15) is 0 Å². The molecule has 0 saturated carbocycles. The number of nitrogens with two attached hydrogens (primary N) is 1. The van der Waals surface area contributed by atoms with Crippen LogP contribution in [0, 0.1) is 0 Å². The van der Waals surface area contributed by atoms with E-state index in [1.807, 2.05) is 0 Å². The maximum Gasteiger partial charge on any atom is 0.260 e. The Kier molecular flexibility index (Phi) is 5.53. The van der Waals surface area contributed by atoms with Crippen molar-refractivity contribution >= 4 is 22.5 Å². The number of ether oxygens (including phenoxy) is 2. The number of nitrogens with one attached hydrogen (secondary N) is 2. The van der Waals surface area contributed by atoms with E-state index >= 15 is 0 Å². The number of benzene rings is 1. The van der Waals surface area contributed by atoms with Gasteiger partial charge in [-0.3, -0.25) is 9.78 Å².